The molecule has 0 N–H and O–H groups in total. The highest BCUT2D eigenvalue weighted by molar-refractivity contribution is 5.51. The van der Waals surface area contributed by atoms with E-state index in [0.29, 0.717) is 12.3 Å². The molecule has 0 bridgehead atoms. The number of carbonyl (C=O) groups excluding carboxylic acids is 1. The highest BCUT2D eigenvalue weighted by atomic mass is 16.1. The summed E-state index contributed by atoms with van der Waals surface area (Å²) >= 11 is 0. The lowest BCUT2D eigenvalue weighted by atomic mass is 9.93. The monoisotopic (exact) mass is 253 g/mol. The standard InChI is InChI=1S/C17H33O/c1-3-5-6-7-8-9-10-11-12-14-17(4-2)15-13-16-18/h15-17H,3-14H2,1-2H3. The second-order valence-electron chi connectivity index (χ2n) is 5.42. The van der Waals surface area contributed by atoms with Crippen LogP contribution in [0.3, 0.4) is 0 Å². The van der Waals surface area contributed by atoms with Crippen molar-refractivity contribution >= 4 is 6.29 Å². The van der Waals surface area contributed by atoms with E-state index in [1.54, 1.807) is 0 Å². The van der Waals surface area contributed by atoms with Gasteiger partial charge in [0.15, 0.2) is 0 Å². The fourth-order valence-electron chi connectivity index (χ4n) is 2.45. The van der Waals surface area contributed by atoms with Crippen LogP contribution in [0.25, 0.3) is 0 Å². The second kappa shape index (κ2) is 14.7. The van der Waals surface area contributed by atoms with Gasteiger partial charge in [-0.25, -0.2) is 0 Å². The molecule has 1 radical (unpaired) electrons. The van der Waals surface area contributed by atoms with Gasteiger partial charge in [-0.05, 0) is 12.3 Å². The Bertz CT molecular complexity index is 165. The molecule has 0 amide bonds. The Morgan fingerprint density at radius 2 is 1.39 bits per heavy atom. The molecule has 0 aliphatic rings. The van der Waals surface area contributed by atoms with Crippen LogP contribution in [0.2, 0.25) is 0 Å². The van der Waals surface area contributed by atoms with Crippen molar-refractivity contribution in [3.8, 4) is 0 Å². The van der Waals surface area contributed by atoms with Crippen LogP contribution in [-0.4, -0.2) is 6.29 Å². The Morgan fingerprint density at radius 3 is 1.89 bits per heavy atom. The molecule has 0 saturated carbocycles. The zero-order valence-corrected chi connectivity index (χ0v) is 12.6. The molecule has 0 fully saturated rings. The summed E-state index contributed by atoms with van der Waals surface area (Å²) in [5.74, 6) is 0.666. The van der Waals surface area contributed by atoms with E-state index in [-0.39, 0.29) is 0 Å². The van der Waals surface area contributed by atoms with Gasteiger partial charge in [-0.1, -0.05) is 84.5 Å². The zero-order chi connectivity index (χ0) is 13.5. The van der Waals surface area contributed by atoms with Crippen LogP contribution in [-0.2, 0) is 4.79 Å². The largest absolute Gasteiger partial charge is 0.303 e. The topological polar surface area (TPSA) is 17.1 Å². The van der Waals surface area contributed by atoms with Crippen molar-refractivity contribution in [3.63, 3.8) is 0 Å². The summed E-state index contributed by atoms with van der Waals surface area (Å²) in [7, 11) is 0. The summed E-state index contributed by atoms with van der Waals surface area (Å²) in [6, 6.07) is 0. The van der Waals surface area contributed by atoms with E-state index in [0.717, 1.165) is 6.29 Å². The van der Waals surface area contributed by atoms with Crippen molar-refractivity contribution in [1.29, 1.82) is 0 Å². The maximum Gasteiger partial charge on any atom is 0.120 e. The Hall–Kier alpha value is -0.330. The number of aldehydes is 1. The molecule has 0 aromatic carbocycles. The summed E-state index contributed by atoms with van der Waals surface area (Å²) in [4.78, 5) is 10.3. The van der Waals surface area contributed by atoms with E-state index in [1.165, 1.54) is 70.6 Å². The first-order chi connectivity index (χ1) is 8.85. The Kier molecular flexibility index (Phi) is 14.5. The first-order valence-corrected chi connectivity index (χ1v) is 8.12. The molecule has 0 rings (SSSR count). The van der Waals surface area contributed by atoms with Crippen molar-refractivity contribution < 1.29 is 4.79 Å². The minimum atomic E-state index is 0.635. The third kappa shape index (κ3) is 12.1. The quantitative estimate of drug-likeness (QED) is 0.285. The van der Waals surface area contributed by atoms with Gasteiger partial charge < -0.3 is 4.79 Å². The van der Waals surface area contributed by atoms with E-state index < -0.39 is 0 Å². The molecule has 1 heteroatoms. The number of carbonyl (C=O) groups is 1. The maximum absolute atomic E-state index is 10.3. The lowest BCUT2D eigenvalue weighted by Gasteiger charge is -2.12. The lowest BCUT2D eigenvalue weighted by molar-refractivity contribution is -0.107. The van der Waals surface area contributed by atoms with Gasteiger partial charge in [0, 0.05) is 6.42 Å². The van der Waals surface area contributed by atoms with E-state index in [1.807, 2.05) is 0 Å². The molecule has 0 aromatic rings. The van der Waals surface area contributed by atoms with Crippen molar-refractivity contribution in [2.45, 2.75) is 90.9 Å². The molecule has 0 aliphatic heterocycles. The van der Waals surface area contributed by atoms with Crippen LogP contribution < -0.4 is 0 Å². The summed E-state index contributed by atoms with van der Waals surface area (Å²) in [6.07, 6.45) is 18.9. The molecule has 0 saturated heterocycles. The van der Waals surface area contributed by atoms with E-state index in [9.17, 15) is 4.79 Å². The predicted molar refractivity (Wildman–Crippen MR) is 80.6 cm³/mol. The molecule has 1 nitrogen and oxygen atoms in total. The van der Waals surface area contributed by atoms with Crippen LogP contribution in [0.5, 0.6) is 0 Å². The van der Waals surface area contributed by atoms with Crippen molar-refractivity contribution in [2.75, 3.05) is 0 Å². The molecule has 0 aliphatic carbocycles. The fourth-order valence-corrected chi connectivity index (χ4v) is 2.45. The summed E-state index contributed by atoms with van der Waals surface area (Å²) in [5, 5.41) is 0. The molecule has 1 atom stereocenters. The minimum absolute atomic E-state index is 0.635. The molecular weight excluding hydrogens is 220 g/mol. The third-order valence-electron chi connectivity index (χ3n) is 3.77. The molecule has 107 valence electrons. The summed E-state index contributed by atoms with van der Waals surface area (Å²) < 4.78 is 0. The Balaban J connectivity index is 3.19. The number of unbranched alkanes of at least 4 members (excludes halogenated alkanes) is 8. The fraction of sp³-hybridized carbons (Fsp3) is 0.882. The maximum atomic E-state index is 10.3. The average Bonchev–Trinajstić information content (AvgIpc) is 2.40. The van der Waals surface area contributed by atoms with Crippen LogP contribution in [0.1, 0.15) is 90.9 Å². The number of hydrogen-bond donors (Lipinski definition) is 0. The zero-order valence-electron chi connectivity index (χ0n) is 12.6. The Morgan fingerprint density at radius 1 is 0.833 bits per heavy atom. The first-order valence-electron chi connectivity index (χ1n) is 8.12. The smallest absolute Gasteiger partial charge is 0.120 e. The van der Waals surface area contributed by atoms with Crippen LogP contribution in [0, 0.1) is 12.3 Å². The lowest BCUT2D eigenvalue weighted by Crippen LogP contribution is -2.00. The normalized spacial score (nSPS) is 12.6. The van der Waals surface area contributed by atoms with Crippen molar-refractivity contribution in [1.82, 2.24) is 0 Å². The highest BCUT2D eigenvalue weighted by Crippen LogP contribution is 2.18. The average molecular weight is 253 g/mol. The van der Waals surface area contributed by atoms with Gasteiger partial charge in [-0.2, -0.15) is 0 Å². The van der Waals surface area contributed by atoms with Crippen molar-refractivity contribution in [3.05, 3.63) is 6.42 Å². The van der Waals surface area contributed by atoms with Gasteiger partial charge in [-0.3, -0.25) is 0 Å². The molecule has 0 spiro atoms. The molecular formula is C17H33O. The molecule has 1 unspecified atom stereocenters. The van der Waals surface area contributed by atoms with E-state index in [2.05, 4.69) is 20.3 Å². The minimum Gasteiger partial charge on any atom is -0.303 e. The summed E-state index contributed by atoms with van der Waals surface area (Å²) in [6.45, 7) is 4.49. The highest BCUT2D eigenvalue weighted by Gasteiger charge is 2.05. The predicted octanol–water partition coefficient (Wildman–Crippen LogP) is 5.73. The van der Waals surface area contributed by atoms with E-state index in [4.69, 9.17) is 0 Å². The van der Waals surface area contributed by atoms with Gasteiger partial charge in [0.2, 0.25) is 0 Å². The van der Waals surface area contributed by atoms with Gasteiger partial charge in [0.05, 0.1) is 0 Å². The van der Waals surface area contributed by atoms with Gasteiger partial charge in [0.1, 0.15) is 6.29 Å². The van der Waals surface area contributed by atoms with Crippen LogP contribution in [0.15, 0.2) is 0 Å². The van der Waals surface area contributed by atoms with Gasteiger partial charge >= 0.3 is 0 Å². The van der Waals surface area contributed by atoms with Crippen LogP contribution in [0.4, 0.5) is 0 Å². The summed E-state index contributed by atoms with van der Waals surface area (Å²) in [5.41, 5.74) is 0. The van der Waals surface area contributed by atoms with Gasteiger partial charge in [0.25, 0.3) is 0 Å². The molecule has 0 heterocycles. The number of hydrogen-bond acceptors (Lipinski definition) is 1. The third-order valence-corrected chi connectivity index (χ3v) is 3.77. The van der Waals surface area contributed by atoms with Gasteiger partial charge in [-0.15, -0.1) is 0 Å². The van der Waals surface area contributed by atoms with E-state index >= 15 is 0 Å². The first kappa shape index (κ1) is 17.7. The molecule has 18 heavy (non-hydrogen) atoms. The second-order valence-corrected chi connectivity index (χ2v) is 5.42. The SMILES string of the molecule is CCCCCCCCCCCC([CH]CC=O)CC. The molecule has 0 aromatic heterocycles. The van der Waals surface area contributed by atoms with Crippen LogP contribution >= 0.6 is 0 Å². The number of rotatable bonds is 14. The Labute approximate surface area is 115 Å². The van der Waals surface area contributed by atoms with Crippen molar-refractivity contribution in [2.24, 2.45) is 5.92 Å².